The molecule has 0 aliphatic carbocycles. The molecule has 0 bridgehead atoms. The third-order valence-corrected chi connectivity index (χ3v) is 6.36. The zero-order valence-corrected chi connectivity index (χ0v) is 17.8. The summed E-state index contributed by atoms with van der Waals surface area (Å²) in [6.07, 6.45) is 2.74. The van der Waals surface area contributed by atoms with Crippen LogP contribution in [0.15, 0.2) is 48.7 Å². The maximum Gasteiger partial charge on any atom is 0.214 e. The van der Waals surface area contributed by atoms with Gasteiger partial charge >= 0.3 is 0 Å². The molecule has 29 heavy (non-hydrogen) atoms. The van der Waals surface area contributed by atoms with Crippen LogP contribution in [0.1, 0.15) is 27.3 Å². The zero-order chi connectivity index (χ0) is 20.1. The Kier molecular flexibility index (Phi) is 6.71. The molecule has 2 aromatic heterocycles. The number of carbonyl (C=O) groups excluding carboxylic acids is 1. The fourth-order valence-electron chi connectivity index (χ4n) is 3.53. The average molecular weight is 430 g/mol. The van der Waals surface area contributed by atoms with Crippen LogP contribution in [-0.4, -0.2) is 63.3 Å². The number of aryl methyl sites for hydroxylation is 1. The Balaban J connectivity index is 1.18. The third-order valence-electron chi connectivity index (χ3n) is 5.14. The van der Waals surface area contributed by atoms with Crippen molar-refractivity contribution in [2.45, 2.75) is 19.5 Å². The largest absolute Gasteiger partial charge is 0.301 e. The van der Waals surface area contributed by atoms with Gasteiger partial charge in [0.1, 0.15) is 0 Å². The molecule has 3 heterocycles. The molecule has 0 radical (unpaired) electrons. The molecule has 0 N–H and O–H groups in total. The summed E-state index contributed by atoms with van der Waals surface area (Å²) in [4.78, 5) is 18.7. The molecule has 1 aliphatic heterocycles. The quantitative estimate of drug-likeness (QED) is 0.513. The first-order valence-corrected chi connectivity index (χ1v) is 11.1. The first-order chi connectivity index (χ1) is 14.2. The van der Waals surface area contributed by atoms with Crippen molar-refractivity contribution in [3.05, 3.63) is 69.1 Å². The van der Waals surface area contributed by atoms with Crippen LogP contribution in [0.2, 0.25) is 4.34 Å². The van der Waals surface area contributed by atoms with Crippen LogP contribution in [0.4, 0.5) is 0 Å². The number of ketones is 1. The van der Waals surface area contributed by atoms with Crippen molar-refractivity contribution in [1.82, 2.24) is 24.8 Å². The molecule has 0 atom stereocenters. The molecule has 3 aromatic rings. The van der Waals surface area contributed by atoms with Gasteiger partial charge in [-0.3, -0.25) is 14.4 Å². The first-order valence-electron chi connectivity index (χ1n) is 9.86. The number of hydrogen-bond donors (Lipinski definition) is 0. The lowest BCUT2D eigenvalue weighted by Gasteiger charge is -2.34. The monoisotopic (exact) mass is 429 g/mol. The summed E-state index contributed by atoms with van der Waals surface area (Å²) in [6.45, 7) is 7.09. The van der Waals surface area contributed by atoms with E-state index in [1.807, 2.05) is 24.3 Å². The summed E-state index contributed by atoms with van der Waals surface area (Å²) in [5.41, 5.74) is 1.04. The lowest BCUT2D eigenvalue weighted by molar-refractivity contribution is 0.103. The molecular formula is C21H24ClN5OS. The van der Waals surface area contributed by atoms with Gasteiger partial charge in [-0.1, -0.05) is 47.1 Å². The van der Waals surface area contributed by atoms with Crippen molar-refractivity contribution in [3.8, 4) is 0 Å². The lowest BCUT2D eigenvalue weighted by atomic mass is 10.1. The van der Waals surface area contributed by atoms with Crippen molar-refractivity contribution in [2.24, 2.45) is 0 Å². The third kappa shape index (κ3) is 5.51. The Morgan fingerprint density at radius 1 is 1.00 bits per heavy atom. The second kappa shape index (κ2) is 9.63. The molecule has 0 amide bonds. The second-order valence-electron chi connectivity index (χ2n) is 7.24. The van der Waals surface area contributed by atoms with Gasteiger partial charge in [0, 0.05) is 56.3 Å². The summed E-state index contributed by atoms with van der Waals surface area (Å²) in [5, 5.41) is 8.16. The summed E-state index contributed by atoms with van der Waals surface area (Å²) in [7, 11) is 0. The fourth-order valence-corrected chi connectivity index (χ4v) is 4.66. The predicted octanol–water partition coefficient (Wildman–Crippen LogP) is 3.43. The molecule has 8 heteroatoms. The number of hydrogen-bond acceptors (Lipinski definition) is 6. The SMILES string of the molecule is O=C(c1ccccc1)c1cn(CCCN2CCN(Cc3ccc(Cl)s3)CC2)nn1. The Hall–Kier alpha value is -2.06. The van der Waals surface area contributed by atoms with E-state index >= 15 is 0 Å². The Morgan fingerprint density at radius 2 is 1.76 bits per heavy atom. The molecular weight excluding hydrogens is 406 g/mol. The van der Waals surface area contributed by atoms with E-state index in [0.29, 0.717) is 11.3 Å². The predicted molar refractivity (Wildman–Crippen MR) is 116 cm³/mol. The normalized spacial score (nSPS) is 15.6. The minimum atomic E-state index is -0.0833. The molecule has 1 aliphatic rings. The molecule has 0 unspecified atom stereocenters. The molecule has 1 aromatic carbocycles. The lowest BCUT2D eigenvalue weighted by Crippen LogP contribution is -2.46. The Labute approximate surface area is 179 Å². The molecule has 4 rings (SSSR count). The highest BCUT2D eigenvalue weighted by molar-refractivity contribution is 7.16. The van der Waals surface area contributed by atoms with Gasteiger partial charge in [0.15, 0.2) is 5.69 Å². The number of thiophene rings is 1. The van der Waals surface area contributed by atoms with E-state index in [0.717, 1.165) is 56.6 Å². The van der Waals surface area contributed by atoms with Gasteiger partial charge in [0.05, 0.1) is 10.5 Å². The number of carbonyl (C=O) groups is 1. The van der Waals surface area contributed by atoms with Crippen molar-refractivity contribution in [1.29, 1.82) is 0 Å². The van der Waals surface area contributed by atoms with Gasteiger partial charge < -0.3 is 4.90 Å². The van der Waals surface area contributed by atoms with Gasteiger partial charge in [0.25, 0.3) is 0 Å². The maximum atomic E-state index is 12.4. The summed E-state index contributed by atoms with van der Waals surface area (Å²) >= 11 is 7.69. The number of halogens is 1. The fraction of sp³-hybridized carbons (Fsp3) is 0.381. The van der Waals surface area contributed by atoms with Gasteiger partial charge in [-0.15, -0.1) is 16.4 Å². The van der Waals surface area contributed by atoms with Crippen LogP contribution >= 0.6 is 22.9 Å². The molecule has 0 spiro atoms. The van der Waals surface area contributed by atoms with E-state index in [2.05, 4.69) is 26.2 Å². The number of piperazine rings is 1. The van der Waals surface area contributed by atoms with Crippen molar-refractivity contribution in [3.63, 3.8) is 0 Å². The highest BCUT2D eigenvalue weighted by Gasteiger charge is 2.17. The van der Waals surface area contributed by atoms with Gasteiger partial charge in [-0.2, -0.15) is 0 Å². The van der Waals surface area contributed by atoms with E-state index in [9.17, 15) is 4.79 Å². The standard InChI is InChI=1S/C21H24ClN5OS/c22-20-8-7-18(29-20)15-26-13-11-25(12-14-26)9-4-10-27-16-19(23-24-27)21(28)17-5-2-1-3-6-17/h1-3,5-8,16H,4,9-15H2. The van der Waals surface area contributed by atoms with Gasteiger partial charge in [-0.25, -0.2) is 0 Å². The van der Waals surface area contributed by atoms with Gasteiger partial charge in [0.2, 0.25) is 5.78 Å². The van der Waals surface area contributed by atoms with Crippen molar-refractivity contribution >= 4 is 28.7 Å². The van der Waals surface area contributed by atoms with E-state index in [-0.39, 0.29) is 5.78 Å². The minimum absolute atomic E-state index is 0.0833. The minimum Gasteiger partial charge on any atom is -0.301 e. The van der Waals surface area contributed by atoms with E-state index in [4.69, 9.17) is 11.6 Å². The summed E-state index contributed by atoms with van der Waals surface area (Å²) in [5.74, 6) is -0.0833. The maximum absolute atomic E-state index is 12.4. The van der Waals surface area contributed by atoms with Crippen LogP contribution in [0.25, 0.3) is 0 Å². The Bertz CT molecular complexity index is 933. The van der Waals surface area contributed by atoms with Crippen LogP contribution in [0, 0.1) is 0 Å². The van der Waals surface area contributed by atoms with Crippen molar-refractivity contribution < 1.29 is 4.79 Å². The average Bonchev–Trinajstić information content (AvgIpc) is 3.38. The number of benzene rings is 1. The Morgan fingerprint density at radius 3 is 2.48 bits per heavy atom. The van der Waals surface area contributed by atoms with E-state index < -0.39 is 0 Å². The summed E-state index contributed by atoms with van der Waals surface area (Å²) < 4.78 is 2.63. The molecule has 1 fully saturated rings. The zero-order valence-electron chi connectivity index (χ0n) is 16.2. The second-order valence-corrected chi connectivity index (χ2v) is 9.04. The highest BCUT2D eigenvalue weighted by atomic mass is 35.5. The molecule has 0 saturated carbocycles. The van der Waals surface area contributed by atoms with E-state index in [1.165, 1.54) is 4.88 Å². The topological polar surface area (TPSA) is 54.3 Å². The molecule has 6 nitrogen and oxygen atoms in total. The highest BCUT2D eigenvalue weighted by Crippen LogP contribution is 2.23. The van der Waals surface area contributed by atoms with Crippen LogP contribution in [-0.2, 0) is 13.1 Å². The number of nitrogens with zero attached hydrogens (tertiary/aromatic N) is 5. The number of rotatable bonds is 8. The van der Waals surface area contributed by atoms with Crippen LogP contribution in [0.3, 0.4) is 0 Å². The number of aromatic nitrogens is 3. The molecule has 1 saturated heterocycles. The first kappa shape index (κ1) is 20.2. The molecule has 152 valence electrons. The smallest absolute Gasteiger partial charge is 0.214 e. The summed E-state index contributed by atoms with van der Waals surface area (Å²) in [6, 6.07) is 13.3. The van der Waals surface area contributed by atoms with Crippen LogP contribution < -0.4 is 0 Å². The van der Waals surface area contributed by atoms with Crippen molar-refractivity contribution in [2.75, 3.05) is 32.7 Å². The van der Waals surface area contributed by atoms with Gasteiger partial charge in [-0.05, 0) is 18.6 Å². The van der Waals surface area contributed by atoms with E-state index in [1.54, 1.807) is 34.3 Å². The van der Waals surface area contributed by atoms with Crippen LogP contribution in [0.5, 0.6) is 0 Å².